The third-order valence-electron chi connectivity index (χ3n) is 3.19. The summed E-state index contributed by atoms with van der Waals surface area (Å²) in [5.74, 6) is -4.04. The van der Waals surface area contributed by atoms with Crippen molar-refractivity contribution in [2.24, 2.45) is 0 Å². The summed E-state index contributed by atoms with van der Waals surface area (Å²) in [5.41, 5.74) is -0.931. The summed E-state index contributed by atoms with van der Waals surface area (Å²) < 4.78 is 73.3. The fraction of sp³-hybridized carbons (Fsp3) is 0.200. The summed E-state index contributed by atoms with van der Waals surface area (Å²) in [5, 5.41) is 0. The van der Waals surface area contributed by atoms with E-state index in [1.54, 1.807) is 0 Å². The van der Waals surface area contributed by atoms with E-state index in [1.807, 2.05) is 0 Å². The number of rotatable bonds is 4. The molecule has 0 aliphatic rings. The van der Waals surface area contributed by atoms with Gasteiger partial charge in [0.2, 0.25) is 0 Å². The van der Waals surface area contributed by atoms with E-state index in [2.05, 4.69) is 4.74 Å². The molecule has 0 atom stereocenters. The van der Waals surface area contributed by atoms with Crippen LogP contribution in [0, 0.1) is 24.4 Å². The first kappa shape index (κ1) is 16.5. The van der Waals surface area contributed by atoms with Crippen LogP contribution in [-0.4, -0.2) is 10.2 Å². The highest BCUT2D eigenvalue weighted by atomic mass is 28.1. The molecule has 0 spiro atoms. The fourth-order valence-corrected chi connectivity index (χ4v) is 2.35. The highest BCUT2D eigenvalue weighted by molar-refractivity contribution is 6.08. The van der Waals surface area contributed by atoms with E-state index < -0.39 is 34.9 Å². The van der Waals surface area contributed by atoms with Crippen LogP contribution in [0.4, 0.5) is 22.0 Å². The summed E-state index contributed by atoms with van der Waals surface area (Å²) in [7, 11) is 0.645. The molecule has 7 heteroatoms. The molecule has 0 aromatic heterocycles. The molecular weight excluding hydrogens is 319 g/mol. The maximum absolute atomic E-state index is 14.0. The van der Waals surface area contributed by atoms with Crippen LogP contribution < -0.4 is 4.74 Å². The Morgan fingerprint density at radius 1 is 1.00 bits per heavy atom. The van der Waals surface area contributed by atoms with E-state index in [9.17, 15) is 22.0 Å². The van der Waals surface area contributed by atoms with E-state index in [1.165, 1.54) is 13.0 Å². The van der Waals surface area contributed by atoms with E-state index in [4.69, 9.17) is 0 Å². The molecule has 0 bridgehead atoms. The molecule has 2 aromatic carbocycles. The van der Waals surface area contributed by atoms with Crippen LogP contribution in [0.1, 0.15) is 16.7 Å². The summed E-state index contributed by atoms with van der Waals surface area (Å²) in [6.07, 6.45) is -4.25. The molecule has 0 aliphatic carbocycles. The van der Waals surface area contributed by atoms with Crippen molar-refractivity contribution in [2.45, 2.75) is 19.1 Å². The Labute approximate surface area is 127 Å². The van der Waals surface area contributed by atoms with Crippen LogP contribution in [0.2, 0.25) is 0 Å². The molecular formula is C15H13F5OSi. The minimum Gasteiger partial charge on any atom is -0.429 e. The first-order valence-electron chi connectivity index (χ1n) is 6.56. The second kappa shape index (κ2) is 6.08. The van der Waals surface area contributed by atoms with Crippen LogP contribution in [0.15, 0.2) is 30.3 Å². The van der Waals surface area contributed by atoms with Gasteiger partial charge in [0, 0.05) is 16.3 Å². The van der Waals surface area contributed by atoms with Crippen LogP contribution in [-0.2, 0) is 12.2 Å². The van der Waals surface area contributed by atoms with Gasteiger partial charge in [-0.2, -0.15) is 8.78 Å². The SMILES string of the molecule is Cc1ccc(OC(F)(F)c2c(F)cc(C[SiH3])cc2F)cc1F. The maximum Gasteiger partial charge on any atom is 0.432 e. The number of aryl methyl sites for hydroxylation is 1. The van der Waals surface area contributed by atoms with Gasteiger partial charge in [-0.1, -0.05) is 6.07 Å². The van der Waals surface area contributed by atoms with Gasteiger partial charge in [-0.15, -0.1) is 0 Å². The number of hydrogen-bond donors (Lipinski definition) is 0. The largest absolute Gasteiger partial charge is 0.432 e. The van der Waals surface area contributed by atoms with Crippen molar-refractivity contribution in [3.63, 3.8) is 0 Å². The predicted octanol–water partition coefficient (Wildman–Crippen LogP) is 3.41. The third-order valence-corrected chi connectivity index (χ3v) is 4.01. The highest BCUT2D eigenvalue weighted by Crippen LogP contribution is 2.35. The zero-order valence-electron chi connectivity index (χ0n) is 11.9. The van der Waals surface area contributed by atoms with Crippen LogP contribution in [0.25, 0.3) is 0 Å². The molecule has 0 aliphatic heterocycles. The quantitative estimate of drug-likeness (QED) is 0.616. The van der Waals surface area contributed by atoms with Crippen molar-refractivity contribution in [1.82, 2.24) is 0 Å². The number of halogens is 5. The lowest BCUT2D eigenvalue weighted by molar-refractivity contribution is -0.189. The fourth-order valence-electron chi connectivity index (χ4n) is 1.94. The lowest BCUT2D eigenvalue weighted by Crippen LogP contribution is -2.25. The normalized spacial score (nSPS) is 11.7. The van der Waals surface area contributed by atoms with Gasteiger partial charge in [0.15, 0.2) is 0 Å². The number of hydrogen-bond acceptors (Lipinski definition) is 1. The molecule has 2 aromatic rings. The molecule has 2 rings (SSSR count). The van der Waals surface area contributed by atoms with Gasteiger partial charge in [0.25, 0.3) is 0 Å². The highest BCUT2D eigenvalue weighted by Gasteiger charge is 2.41. The monoisotopic (exact) mass is 332 g/mol. The zero-order chi connectivity index (χ0) is 16.5. The number of benzene rings is 2. The Morgan fingerprint density at radius 2 is 1.59 bits per heavy atom. The number of alkyl halides is 2. The average Bonchev–Trinajstić information content (AvgIpc) is 2.41. The molecule has 22 heavy (non-hydrogen) atoms. The topological polar surface area (TPSA) is 9.23 Å². The Morgan fingerprint density at radius 3 is 2.09 bits per heavy atom. The van der Waals surface area contributed by atoms with E-state index in [-0.39, 0.29) is 5.56 Å². The van der Waals surface area contributed by atoms with Gasteiger partial charge in [0.1, 0.15) is 28.8 Å². The molecule has 118 valence electrons. The van der Waals surface area contributed by atoms with Gasteiger partial charge in [-0.25, -0.2) is 13.2 Å². The van der Waals surface area contributed by atoms with Crippen molar-refractivity contribution in [1.29, 1.82) is 0 Å². The van der Waals surface area contributed by atoms with Crippen molar-refractivity contribution >= 4 is 10.2 Å². The average molecular weight is 332 g/mol. The first-order valence-corrected chi connectivity index (χ1v) is 7.97. The van der Waals surface area contributed by atoms with E-state index in [0.29, 0.717) is 21.9 Å². The second-order valence-electron chi connectivity index (χ2n) is 4.82. The molecule has 0 unspecified atom stereocenters. The van der Waals surface area contributed by atoms with Crippen molar-refractivity contribution < 1.29 is 26.7 Å². The Balaban J connectivity index is 2.39. The van der Waals surface area contributed by atoms with Crippen molar-refractivity contribution in [2.75, 3.05) is 0 Å². The predicted molar refractivity (Wildman–Crippen MR) is 75.7 cm³/mol. The lowest BCUT2D eigenvalue weighted by Gasteiger charge is -2.20. The second-order valence-corrected chi connectivity index (χ2v) is 5.52. The molecule has 0 amide bonds. The van der Waals surface area contributed by atoms with Crippen molar-refractivity contribution in [3.05, 3.63) is 64.5 Å². The van der Waals surface area contributed by atoms with Gasteiger partial charge < -0.3 is 4.74 Å². The van der Waals surface area contributed by atoms with Gasteiger partial charge in [-0.3, -0.25) is 0 Å². The van der Waals surface area contributed by atoms with Crippen LogP contribution in [0.5, 0.6) is 5.75 Å². The number of ether oxygens (including phenoxy) is 1. The molecule has 0 heterocycles. The first-order chi connectivity index (χ1) is 10.2. The molecule has 0 saturated heterocycles. The summed E-state index contributed by atoms with van der Waals surface area (Å²) in [4.78, 5) is 0. The standard InChI is InChI=1S/C15H13F5OSi/c1-8-2-3-10(6-11(8)16)21-15(19,20)14-12(17)4-9(7-22)5-13(14)18/h2-6H,7H2,1,22H3. The molecule has 1 nitrogen and oxygen atoms in total. The molecule has 0 radical (unpaired) electrons. The summed E-state index contributed by atoms with van der Waals surface area (Å²) >= 11 is 0. The van der Waals surface area contributed by atoms with Crippen molar-refractivity contribution in [3.8, 4) is 5.75 Å². The van der Waals surface area contributed by atoms with Crippen LogP contribution >= 0.6 is 0 Å². The minimum atomic E-state index is -4.25. The summed E-state index contributed by atoms with van der Waals surface area (Å²) in [6.45, 7) is 1.45. The van der Waals surface area contributed by atoms with E-state index >= 15 is 0 Å². The van der Waals surface area contributed by atoms with E-state index in [0.717, 1.165) is 24.3 Å². The molecule has 0 saturated carbocycles. The minimum absolute atomic E-state index is 0.240. The van der Waals surface area contributed by atoms with Gasteiger partial charge in [0.05, 0.1) is 0 Å². The smallest absolute Gasteiger partial charge is 0.429 e. The Bertz CT molecular complexity index is 679. The maximum atomic E-state index is 14.0. The van der Waals surface area contributed by atoms with Gasteiger partial charge >= 0.3 is 6.11 Å². The zero-order valence-corrected chi connectivity index (χ0v) is 13.9. The molecule has 0 fully saturated rings. The lowest BCUT2D eigenvalue weighted by atomic mass is 10.1. The van der Waals surface area contributed by atoms with Crippen LogP contribution in [0.3, 0.4) is 0 Å². The Kier molecular flexibility index (Phi) is 4.55. The summed E-state index contributed by atoms with van der Waals surface area (Å²) in [6, 6.07) is 5.23. The third kappa shape index (κ3) is 3.29. The van der Waals surface area contributed by atoms with Gasteiger partial charge in [-0.05, 0) is 42.3 Å². The molecule has 0 N–H and O–H groups in total. The Hall–Kier alpha value is -1.89.